The first-order valence-electron chi connectivity index (χ1n) is 17.6. The molecule has 2 fully saturated rings. The van der Waals surface area contributed by atoms with Crippen molar-refractivity contribution in [2.45, 2.75) is 120 Å². The van der Waals surface area contributed by atoms with E-state index in [1.807, 2.05) is 6.07 Å². The standard InChI is InChI=1S/C37H52NO11/c1-5-24-26(18-31(41)42)25(33(43)46-4)14-15-28(24)47-35-36(45,6-2)34(44)37(30(20-40)48-35)19-23-17-27(21(3)22-11-8-7-9-12-22)38-32(23)29(49-37)13-10-16-39/h5,14,17,19,21-22,24,26,28,30,34-35,39-40,44-45H,1,6-13,15-16,18,20H2,2-4H3,(H,41,42)/q-1. The highest BCUT2D eigenvalue weighted by molar-refractivity contribution is 5.90. The summed E-state index contributed by atoms with van der Waals surface area (Å²) < 4.78 is 24.2. The van der Waals surface area contributed by atoms with Crippen LogP contribution in [0.4, 0.5) is 0 Å². The Morgan fingerprint density at radius 2 is 1.96 bits per heavy atom. The van der Waals surface area contributed by atoms with Crippen molar-refractivity contribution in [2.24, 2.45) is 17.8 Å². The monoisotopic (exact) mass is 686 g/mol. The molecule has 0 radical (unpaired) electrons. The topological polar surface area (TPSA) is 186 Å². The van der Waals surface area contributed by atoms with Crippen molar-refractivity contribution in [1.29, 1.82) is 0 Å². The molecule has 9 unspecified atom stereocenters. The third-order valence-electron chi connectivity index (χ3n) is 11.2. The van der Waals surface area contributed by atoms with Crippen LogP contribution in [0, 0.1) is 17.8 Å². The molecule has 1 aromatic heterocycles. The fourth-order valence-corrected chi connectivity index (χ4v) is 8.32. The number of ether oxygens (including phenoxy) is 4. The van der Waals surface area contributed by atoms with E-state index in [1.54, 1.807) is 19.1 Å². The molecule has 5 N–H and O–H groups in total. The number of aliphatic hydroxyl groups is 4. The molecular weight excluding hydrogens is 634 g/mol. The van der Waals surface area contributed by atoms with Gasteiger partial charge in [0.1, 0.15) is 17.8 Å². The van der Waals surface area contributed by atoms with Gasteiger partial charge in [-0.1, -0.05) is 56.7 Å². The van der Waals surface area contributed by atoms with Gasteiger partial charge in [0.05, 0.1) is 32.0 Å². The van der Waals surface area contributed by atoms with E-state index in [1.165, 1.54) is 32.4 Å². The fourth-order valence-electron chi connectivity index (χ4n) is 8.32. The lowest BCUT2D eigenvalue weighted by molar-refractivity contribution is -0.365. The van der Waals surface area contributed by atoms with E-state index in [9.17, 15) is 35.1 Å². The minimum atomic E-state index is -2.06. The van der Waals surface area contributed by atoms with Crippen molar-refractivity contribution in [2.75, 3.05) is 20.3 Å². The van der Waals surface area contributed by atoms with Crippen LogP contribution in [-0.4, -0.2) is 93.6 Å². The number of carboxylic acids is 1. The second kappa shape index (κ2) is 15.5. The van der Waals surface area contributed by atoms with Crippen molar-refractivity contribution in [3.05, 3.63) is 46.6 Å². The average molecular weight is 687 g/mol. The first-order chi connectivity index (χ1) is 23.5. The van der Waals surface area contributed by atoms with Gasteiger partial charge >= 0.3 is 11.9 Å². The summed E-state index contributed by atoms with van der Waals surface area (Å²) in [5.74, 6) is -2.14. The number of aromatic nitrogens is 1. The molecule has 12 heteroatoms. The van der Waals surface area contributed by atoms with Gasteiger partial charge in [-0.05, 0) is 55.2 Å². The summed E-state index contributed by atoms with van der Waals surface area (Å²) in [5, 5.41) is 55.9. The zero-order chi connectivity index (χ0) is 35.5. The van der Waals surface area contributed by atoms with E-state index < -0.39 is 72.6 Å². The SMILES string of the molecule is C=CC1C(OC2OC(CO)C3(C=c4cc(C(C)C5CCCCC5)[n-]c4=C(CCCO)O3)C(O)C2(O)CC)CC=C(C(=O)OC)C1CC(=O)O. The first-order valence-corrected chi connectivity index (χ1v) is 17.6. The minimum Gasteiger partial charge on any atom is -0.658 e. The molecule has 272 valence electrons. The summed E-state index contributed by atoms with van der Waals surface area (Å²) in [5.41, 5.74) is -2.67. The first kappa shape index (κ1) is 37.3. The maximum absolute atomic E-state index is 12.5. The van der Waals surface area contributed by atoms with Crippen LogP contribution < -0.4 is 15.6 Å². The number of carbonyl (C=O) groups is 2. The van der Waals surface area contributed by atoms with Gasteiger partial charge in [-0.15, -0.1) is 6.58 Å². The van der Waals surface area contributed by atoms with Gasteiger partial charge in [0.15, 0.2) is 11.9 Å². The van der Waals surface area contributed by atoms with Gasteiger partial charge in [0, 0.05) is 30.4 Å². The lowest BCUT2D eigenvalue weighted by Crippen LogP contribution is -2.74. The Kier molecular flexibility index (Phi) is 11.8. The summed E-state index contributed by atoms with van der Waals surface area (Å²) in [6.45, 7) is 7.04. The maximum atomic E-state index is 12.5. The Morgan fingerprint density at radius 3 is 2.57 bits per heavy atom. The van der Waals surface area contributed by atoms with E-state index in [2.05, 4.69) is 13.5 Å². The lowest BCUT2D eigenvalue weighted by atomic mass is 9.73. The molecule has 9 atom stereocenters. The van der Waals surface area contributed by atoms with E-state index in [-0.39, 0.29) is 30.9 Å². The van der Waals surface area contributed by atoms with Gasteiger partial charge in [0.2, 0.25) is 0 Å². The average Bonchev–Trinajstić information content (AvgIpc) is 3.54. The Balaban J connectivity index is 1.51. The van der Waals surface area contributed by atoms with E-state index >= 15 is 0 Å². The molecule has 12 nitrogen and oxygen atoms in total. The van der Waals surface area contributed by atoms with Crippen LogP contribution in [0.5, 0.6) is 0 Å². The number of rotatable bonds is 13. The Morgan fingerprint density at radius 1 is 1.22 bits per heavy atom. The summed E-state index contributed by atoms with van der Waals surface area (Å²) in [6, 6.07) is 2.00. The van der Waals surface area contributed by atoms with E-state index in [0.717, 1.165) is 18.5 Å². The van der Waals surface area contributed by atoms with Crippen molar-refractivity contribution < 1.29 is 54.1 Å². The van der Waals surface area contributed by atoms with Gasteiger partial charge in [-0.3, -0.25) is 4.79 Å². The minimum absolute atomic E-state index is 0.0364. The third-order valence-corrected chi connectivity index (χ3v) is 11.2. The molecule has 0 aromatic carbocycles. The Bertz CT molecular complexity index is 1510. The maximum Gasteiger partial charge on any atom is 0.333 e. The van der Waals surface area contributed by atoms with Gasteiger partial charge in [-0.25, -0.2) is 4.79 Å². The smallest absolute Gasteiger partial charge is 0.333 e. The summed E-state index contributed by atoms with van der Waals surface area (Å²) in [6.07, 6.45) is 5.96. The zero-order valence-electron chi connectivity index (χ0n) is 28.8. The summed E-state index contributed by atoms with van der Waals surface area (Å²) in [7, 11) is 1.22. The zero-order valence-corrected chi connectivity index (χ0v) is 28.8. The van der Waals surface area contributed by atoms with Crippen LogP contribution in [0.25, 0.3) is 11.8 Å². The molecule has 1 saturated heterocycles. The van der Waals surface area contributed by atoms with Crippen LogP contribution in [-0.2, 0) is 28.5 Å². The van der Waals surface area contributed by atoms with Crippen LogP contribution in [0.3, 0.4) is 0 Å². The van der Waals surface area contributed by atoms with Crippen LogP contribution in [0.2, 0.25) is 0 Å². The Hall–Kier alpha value is -3.00. The number of esters is 1. The highest BCUT2D eigenvalue weighted by Crippen LogP contribution is 2.46. The van der Waals surface area contributed by atoms with Crippen molar-refractivity contribution in [1.82, 2.24) is 4.98 Å². The number of nitrogens with zero attached hydrogens (tertiary/aromatic N) is 1. The number of aliphatic hydroxyl groups excluding tert-OH is 3. The van der Waals surface area contributed by atoms with Gasteiger partial charge < -0.3 is 49.5 Å². The molecule has 49 heavy (non-hydrogen) atoms. The molecule has 5 rings (SSSR count). The number of aliphatic carboxylic acids is 1. The molecule has 1 spiro atoms. The largest absolute Gasteiger partial charge is 0.658 e. The molecule has 0 amide bonds. The number of carbonyl (C=O) groups excluding carboxylic acids is 1. The number of hydrogen-bond acceptors (Lipinski definition) is 10. The number of carboxylic acid groups (broad SMARTS) is 1. The predicted octanol–water partition coefficient (Wildman–Crippen LogP) is 1.76. The molecule has 3 heterocycles. The molecule has 0 bridgehead atoms. The predicted molar refractivity (Wildman–Crippen MR) is 178 cm³/mol. The molecule has 1 aromatic rings. The Labute approximate surface area is 287 Å². The summed E-state index contributed by atoms with van der Waals surface area (Å²) in [4.78, 5) is 29.3. The number of hydrogen-bond donors (Lipinski definition) is 5. The molecular formula is C37H52NO11-. The van der Waals surface area contributed by atoms with E-state index in [4.69, 9.17) is 23.9 Å². The van der Waals surface area contributed by atoms with E-state index in [0.29, 0.717) is 35.1 Å². The van der Waals surface area contributed by atoms with Gasteiger partial charge in [-0.2, -0.15) is 5.69 Å². The van der Waals surface area contributed by atoms with Crippen molar-refractivity contribution in [3.8, 4) is 0 Å². The molecule has 4 aliphatic rings. The third kappa shape index (κ3) is 7.00. The van der Waals surface area contributed by atoms with Crippen LogP contribution >= 0.6 is 0 Å². The number of methoxy groups -OCH3 is 1. The van der Waals surface area contributed by atoms with Crippen molar-refractivity contribution >= 4 is 23.8 Å². The number of fused-ring (bicyclic) bond motifs is 1. The van der Waals surface area contributed by atoms with Crippen LogP contribution in [0.1, 0.15) is 89.7 Å². The lowest BCUT2D eigenvalue weighted by Gasteiger charge is -2.56. The second-order valence-electron chi connectivity index (χ2n) is 14.0. The molecule has 1 saturated carbocycles. The fraction of sp³-hybridized carbons (Fsp3) is 0.676. The van der Waals surface area contributed by atoms with Crippen LogP contribution in [0.15, 0.2) is 30.4 Å². The second-order valence-corrected chi connectivity index (χ2v) is 14.0. The highest BCUT2D eigenvalue weighted by atomic mass is 16.7. The van der Waals surface area contributed by atoms with Gasteiger partial charge in [0.25, 0.3) is 0 Å². The van der Waals surface area contributed by atoms with Crippen molar-refractivity contribution in [3.63, 3.8) is 0 Å². The molecule has 2 aliphatic carbocycles. The highest BCUT2D eigenvalue weighted by Gasteiger charge is 2.64. The normalized spacial score (nSPS) is 33.9. The quantitative estimate of drug-likeness (QED) is 0.150. The summed E-state index contributed by atoms with van der Waals surface area (Å²) >= 11 is 0. The molecule has 2 aliphatic heterocycles.